The molecule has 0 radical (unpaired) electrons. The number of hydrogen-bond acceptors (Lipinski definition) is 2. The second-order valence-electron chi connectivity index (χ2n) is 5.66. The highest BCUT2D eigenvalue weighted by atomic mass is 16.5. The number of ether oxygens (including phenoxy) is 1. The van der Waals surface area contributed by atoms with Crippen LogP contribution in [0.15, 0.2) is 0 Å². The number of rotatable bonds is 11. The Morgan fingerprint density at radius 2 is 1.67 bits per heavy atom. The van der Waals surface area contributed by atoms with Crippen LogP contribution in [0.2, 0.25) is 0 Å². The lowest BCUT2D eigenvalue weighted by Crippen LogP contribution is -2.18. The molecule has 0 bridgehead atoms. The summed E-state index contributed by atoms with van der Waals surface area (Å²) in [6, 6.07) is 0. The molecule has 18 heavy (non-hydrogen) atoms. The van der Waals surface area contributed by atoms with Crippen LogP contribution in [0.3, 0.4) is 0 Å². The highest BCUT2D eigenvalue weighted by molar-refractivity contribution is 5.72. The maximum Gasteiger partial charge on any atom is 0.308 e. The van der Waals surface area contributed by atoms with Gasteiger partial charge in [-0.05, 0) is 25.2 Å². The van der Waals surface area contributed by atoms with Crippen molar-refractivity contribution >= 4 is 5.97 Å². The van der Waals surface area contributed by atoms with Gasteiger partial charge in [0.2, 0.25) is 0 Å². The van der Waals surface area contributed by atoms with Crippen molar-refractivity contribution in [2.24, 2.45) is 11.8 Å². The SMILES string of the molecule is CCCCCCC[C@@H](CC)C(=O)OCCC(C)C. The number of esters is 1. The Balaban J connectivity index is 3.68. The molecule has 0 aliphatic carbocycles. The van der Waals surface area contributed by atoms with Gasteiger partial charge >= 0.3 is 5.97 Å². The van der Waals surface area contributed by atoms with Crippen molar-refractivity contribution in [3.8, 4) is 0 Å². The molecule has 0 fully saturated rings. The molecule has 0 saturated carbocycles. The molecule has 0 rings (SSSR count). The maximum absolute atomic E-state index is 11.9. The first-order chi connectivity index (χ1) is 8.61. The molecule has 0 amide bonds. The monoisotopic (exact) mass is 256 g/mol. The van der Waals surface area contributed by atoms with Crippen LogP contribution in [0.4, 0.5) is 0 Å². The van der Waals surface area contributed by atoms with Crippen LogP contribution in [-0.4, -0.2) is 12.6 Å². The van der Waals surface area contributed by atoms with Crippen molar-refractivity contribution in [3.63, 3.8) is 0 Å². The fourth-order valence-electron chi connectivity index (χ4n) is 2.00. The highest BCUT2D eigenvalue weighted by Gasteiger charge is 2.17. The van der Waals surface area contributed by atoms with Crippen LogP contribution in [-0.2, 0) is 9.53 Å². The molecule has 0 aromatic rings. The molecule has 0 unspecified atom stereocenters. The zero-order valence-corrected chi connectivity index (χ0v) is 12.8. The Morgan fingerprint density at radius 3 is 2.22 bits per heavy atom. The molecular formula is C16H32O2. The number of unbranched alkanes of at least 4 members (excludes halogenated alkanes) is 4. The molecule has 0 N–H and O–H groups in total. The van der Waals surface area contributed by atoms with E-state index in [2.05, 4.69) is 27.7 Å². The highest BCUT2D eigenvalue weighted by Crippen LogP contribution is 2.16. The van der Waals surface area contributed by atoms with Gasteiger partial charge in [0.05, 0.1) is 12.5 Å². The third-order valence-corrected chi connectivity index (χ3v) is 3.42. The summed E-state index contributed by atoms with van der Waals surface area (Å²) in [6.45, 7) is 9.20. The quantitative estimate of drug-likeness (QED) is 0.385. The Hall–Kier alpha value is -0.530. The van der Waals surface area contributed by atoms with Crippen LogP contribution < -0.4 is 0 Å². The summed E-state index contributed by atoms with van der Waals surface area (Å²) < 4.78 is 5.35. The van der Waals surface area contributed by atoms with Crippen LogP contribution in [0.1, 0.15) is 79.1 Å². The Morgan fingerprint density at radius 1 is 1.00 bits per heavy atom. The topological polar surface area (TPSA) is 26.3 Å². The van der Waals surface area contributed by atoms with Crippen molar-refractivity contribution < 1.29 is 9.53 Å². The summed E-state index contributed by atoms with van der Waals surface area (Å²) in [5, 5.41) is 0. The first-order valence-electron chi connectivity index (χ1n) is 7.78. The summed E-state index contributed by atoms with van der Waals surface area (Å²) in [6.07, 6.45) is 9.19. The molecule has 2 heteroatoms. The third kappa shape index (κ3) is 9.49. The summed E-state index contributed by atoms with van der Waals surface area (Å²) in [4.78, 5) is 11.9. The van der Waals surface area contributed by atoms with Crippen molar-refractivity contribution in [1.82, 2.24) is 0 Å². The van der Waals surface area contributed by atoms with Gasteiger partial charge in [-0.1, -0.05) is 59.8 Å². The molecule has 2 nitrogen and oxygen atoms in total. The van der Waals surface area contributed by atoms with E-state index in [0.717, 1.165) is 25.7 Å². The van der Waals surface area contributed by atoms with E-state index in [1.807, 2.05) is 0 Å². The fourth-order valence-corrected chi connectivity index (χ4v) is 2.00. The minimum absolute atomic E-state index is 0.0219. The van der Waals surface area contributed by atoms with Gasteiger partial charge in [-0.15, -0.1) is 0 Å². The van der Waals surface area contributed by atoms with Crippen LogP contribution in [0.5, 0.6) is 0 Å². The standard InChI is InChI=1S/C16H32O2/c1-5-7-8-9-10-11-15(6-2)16(17)18-13-12-14(3)4/h14-15H,5-13H2,1-4H3/t15-/m1/s1. The van der Waals surface area contributed by atoms with E-state index in [-0.39, 0.29) is 11.9 Å². The average Bonchev–Trinajstić information content (AvgIpc) is 2.33. The molecule has 0 aromatic carbocycles. The molecule has 1 atom stereocenters. The fraction of sp³-hybridized carbons (Fsp3) is 0.938. The largest absolute Gasteiger partial charge is 0.465 e. The van der Waals surface area contributed by atoms with E-state index in [9.17, 15) is 4.79 Å². The molecule has 0 saturated heterocycles. The van der Waals surface area contributed by atoms with Crippen LogP contribution >= 0.6 is 0 Å². The number of carbonyl (C=O) groups is 1. The summed E-state index contributed by atoms with van der Waals surface area (Å²) in [5.74, 6) is 0.749. The van der Waals surface area contributed by atoms with E-state index >= 15 is 0 Å². The van der Waals surface area contributed by atoms with E-state index in [1.54, 1.807) is 0 Å². The molecule has 0 spiro atoms. The lowest BCUT2D eigenvalue weighted by Gasteiger charge is -2.14. The minimum Gasteiger partial charge on any atom is -0.465 e. The van der Waals surface area contributed by atoms with E-state index in [0.29, 0.717) is 12.5 Å². The first kappa shape index (κ1) is 17.5. The normalized spacial score (nSPS) is 12.7. The second-order valence-corrected chi connectivity index (χ2v) is 5.66. The smallest absolute Gasteiger partial charge is 0.308 e. The molecule has 0 aliphatic heterocycles. The van der Waals surface area contributed by atoms with Crippen molar-refractivity contribution in [2.75, 3.05) is 6.61 Å². The minimum atomic E-state index is 0.0219. The van der Waals surface area contributed by atoms with Crippen molar-refractivity contribution in [1.29, 1.82) is 0 Å². The van der Waals surface area contributed by atoms with Gasteiger partial charge in [-0.3, -0.25) is 4.79 Å². The van der Waals surface area contributed by atoms with E-state index < -0.39 is 0 Å². The molecular weight excluding hydrogens is 224 g/mol. The molecule has 0 aliphatic rings. The lowest BCUT2D eigenvalue weighted by atomic mass is 9.98. The lowest BCUT2D eigenvalue weighted by molar-refractivity contribution is -0.149. The molecule has 0 aromatic heterocycles. The third-order valence-electron chi connectivity index (χ3n) is 3.42. The predicted molar refractivity (Wildman–Crippen MR) is 77.6 cm³/mol. The van der Waals surface area contributed by atoms with Gasteiger partial charge in [-0.25, -0.2) is 0 Å². The zero-order valence-electron chi connectivity index (χ0n) is 12.8. The van der Waals surface area contributed by atoms with Gasteiger partial charge in [0.15, 0.2) is 0 Å². The zero-order chi connectivity index (χ0) is 13.8. The van der Waals surface area contributed by atoms with Crippen molar-refractivity contribution in [2.45, 2.75) is 79.1 Å². The first-order valence-corrected chi connectivity index (χ1v) is 7.78. The Kier molecular flexibility index (Phi) is 11.2. The molecule has 108 valence electrons. The van der Waals surface area contributed by atoms with Gasteiger partial charge in [0.25, 0.3) is 0 Å². The van der Waals surface area contributed by atoms with E-state index in [4.69, 9.17) is 4.74 Å². The second kappa shape index (κ2) is 11.6. The summed E-state index contributed by atoms with van der Waals surface area (Å²) >= 11 is 0. The Bertz CT molecular complexity index is 199. The van der Waals surface area contributed by atoms with Gasteiger partial charge in [0.1, 0.15) is 0 Å². The Labute approximate surface area is 113 Å². The van der Waals surface area contributed by atoms with E-state index in [1.165, 1.54) is 25.7 Å². The van der Waals surface area contributed by atoms with Gasteiger partial charge in [0, 0.05) is 0 Å². The van der Waals surface area contributed by atoms with Crippen LogP contribution in [0, 0.1) is 11.8 Å². The summed E-state index contributed by atoms with van der Waals surface area (Å²) in [5.41, 5.74) is 0. The summed E-state index contributed by atoms with van der Waals surface area (Å²) in [7, 11) is 0. The average molecular weight is 256 g/mol. The van der Waals surface area contributed by atoms with Gasteiger partial charge < -0.3 is 4.74 Å². The molecule has 0 heterocycles. The van der Waals surface area contributed by atoms with Gasteiger partial charge in [-0.2, -0.15) is 0 Å². The van der Waals surface area contributed by atoms with Crippen molar-refractivity contribution in [3.05, 3.63) is 0 Å². The maximum atomic E-state index is 11.9. The number of hydrogen-bond donors (Lipinski definition) is 0. The number of carbonyl (C=O) groups excluding carboxylic acids is 1. The van der Waals surface area contributed by atoms with Crippen LogP contribution in [0.25, 0.3) is 0 Å². The predicted octanol–water partition coefficient (Wildman–Crippen LogP) is 4.96.